The lowest BCUT2D eigenvalue weighted by atomic mass is 9.98. The lowest BCUT2D eigenvalue weighted by molar-refractivity contribution is 0.246. The van der Waals surface area contributed by atoms with Crippen molar-refractivity contribution in [1.82, 2.24) is 4.90 Å². The summed E-state index contributed by atoms with van der Waals surface area (Å²) in [7, 11) is 0. The zero-order chi connectivity index (χ0) is 8.27. The van der Waals surface area contributed by atoms with Gasteiger partial charge in [-0.2, -0.15) is 0 Å². The fraction of sp³-hybridized carbons (Fsp3) is 0.875. The first-order valence-corrected chi connectivity index (χ1v) is 4.21. The van der Waals surface area contributed by atoms with Gasteiger partial charge in [0.2, 0.25) is 0 Å². The Morgan fingerprint density at radius 3 is 2.91 bits per heavy atom. The maximum Gasteiger partial charge on any atom is 0.0624 e. The molecule has 3 nitrogen and oxygen atoms in total. The molecule has 0 aromatic heterocycles. The van der Waals surface area contributed by atoms with Gasteiger partial charge in [0.15, 0.2) is 0 Å². The van der Waals surface area contributed by atoms with E-state index in [0.29, 0.717) is 5.92 Å². The van der Waals surface area contributed by atoms with Crippen molar-refractivity contribution < 1.29 is 5.21 Å². The highest BCUT2D eigenvalue weighted by atomic mass is 16.4. The van der Waals surface area contributed by atoms with Crippen molar-refractivity contribution >= 4 is 5.71 Å². The topological polar surface area (TPSA) is 35.8 Å². The van der Waals surface area contributed by atoms with E-state index in [1.165, 1.54) is 0 Å². The van der Waals surface area contributed by atoms with E-state index >= 15 is 0 Å². The minimum atomic E-state index is 0.425. The highest BCUT2D eigenvalue weighted by Crippen LogP contribution is 2.12. The van der Waals surface area contributed by atoms with Crippen molar-refractivity contribution in [2.24, 2.45) is 11.1 Å². The molecule has 11 heavy (non-hydrogen) atoms. The van der Waals surface area contributed by atoms with Crippen molar-refractivity contribution in [2.45, 2.75) is 20.3 Å². The van der Waals surface area contributed by atoms with Crippen molar-refractivity contribution in [3.63, 3.8) is 0 Å². The average molecular weight is 156 g/mol. The first-order chi connectivity index (χ1) is 5.27. The smallest absolute Gasteiger partial charge is 0.0624 e. The van der Waals surface area contributed by atoms with Gasteiger partial charge in [-0.3, -0.25) is 0 Å². The molecule has 0 aliphatic carbocycles. The summed E-state index contributed by atoms with van der Waals surface area (Å²) < 4.78 is 0. The summed E-state index contributed by atoms with van der Waals surface area (Å²) in [5.74, 6) is 0.425. The second kappa shape index (κ2) is 3.72. The third-order valence-electron chi connectivity index (χ3n) is 2.36. The van der Waals surface area contributed by atoms with Crippen molar-refractivity contribution in [3.05, 3.63) is 0 Å². The monoisotopic (exact) mass is 156 g/mol. The molecule has 1 unspecified atom stereocenters. The lowest BCUT2D eigenvalue weighted by Crippen LogP contribution is -2.39. The summed E-state index contributed by atoms with van der Waals surface area (Å²) in [6.45, 7) is 7.45. The molecule has 1 fully saturated rings. The molecule has 64 valence electrons. The molecule has 0 aromatic rings. The van der Waals surface area contributed by atoms with Crippen LogP contribution in [0.1, 0.15) is 20.3 Å². The van der Waals surface area contributed by atoms with Crippen LogP contribution in [0.5, 0.6) is 0 Å². The first kappa shape index (κ1) is 8.53. The Hall–Kier alpha value is -0.570. The number of hydrogen-bond acceptors (Lipinski definition) is 3. The second-order valence-electron chi connectivity index (χ2n) is 3.14. The number of piperidine rings is 1. The van der Waals surface area contributed by atoms with Crippen LogP contribution in [0.4, 0.5) is 0 Å². The minimum Gasteiger partial charge on any atom is -0.411 e. The van der Waals surface area contributed by atoms with Crippen LogP contribution in [0.15, 0.2) is 5.16 Å². The molecule has 0 aromatic carbocycles. The van der Waals surface area contributed by atoms with Gasteiger partial charge >= 0.3 is 0 Å². The van der Waals surface area contributed by atoms with Crippen LogP contribution in [0, 0.1) is 5.92 Å². The number of likely N-dealkylation sites (tertiary alicyclic amines) is 1. The standard InChI is InChI=1S/C8H16N2O/c1-3-10-5-4-8(9-11)7(2)6-10/h7,11H,3-6H2,1-2H3. The first-order valence-electron chi connectivity index (χ1n) is 4.21. The molecule has 1 aliphatic heterocycles. The molecule has 1 heterocycles. The second-order valence-corrected chi connectivity index (χ2v) is 3.14. The Bertz CT molecular complexity index is 156. The maximum absolute atomic E-state index is 8.59. The number of hydrogen-bond donors (Lipinski definition) is 1. The van der Waals surface area contributed by atoms with Gasteiger partial charge < -0.3 is 10.1 Å². The third-order valence-corrected chi connectivity index (χ3v) is 2.36. The van der Waals surface area contributed by atoms with Gasteiger partial charge in [0.05, 0.1) is 5.71 Å². The Labute approximate surface area is 67.7 Å². The normalized spacial score (nSPS) is 31.1. The van der Waals surface area contributed by atoms with E-state index in [1.54, 1.807) is 0 Å². The van der Waals surface area contributed by atoms with E-state index < -0.39 is 0 Å². The summed E-state index contributed by atoms with van der Waals surface area (Å²) in [6.07, 6.45) is 0.922. The molecule has 0 spiro atoms. The van der Waals surface area contributed by atoms with Crippen LogP contribution in [0.2, 0.25) is 0 Å². The molecule has 3 heteroatoms. The zero-order valence-electron chi connectivity index (χ0n) is 7.25. The van der Waals surface area contributed by atoms with Crippen LogP contribution in [-0.2, 0) is 0 Å². The van der Waals surface area contributed by atoms with Crippen molar-refractivity contribution in [1.29, 1.82) is 0 Å². The molecule has 0 amide bonds. The summed E-state index contributed by atoms with van der Waals surface area (Å²) in [4.78, 5) is 2.37. The minimum absolute atomic E-state index is 0.425. The van der Waals surface area contributed by atoms with Crippen molar-refractivity contribution in [3.8, 4) is 0 Å². The van der Waals surface area contributed by atoms with Crippen LogP contribution < -0.4 is 0 Å². The SMILES string of the molecule is CCN1CCC(=NO)C(C)C1. The number of oxime groups is 1. The zero-order valence-corrected chi connectivity index (χ0v) is 7.25. The molecule has 1 atom stereocenters. The molecule has 0 saturated carbocycles. The van der Waals surface area contributed by atoms with Gasteiger partial charge in [-0.15, -0.1) is 0 Å². The average Bonchev–Trinajstić information content (AvgIpc) is 2.04. The predicted molar refractivity (Wildman–Crippen MR) is 45.1 cm³/mol. The highest BCUT2D eigenvalue weighted by molar-refractivity contribution is 5.86. The molecule has 1 aliphatic rings. The fourth-order valence-electron chi connectivity index (χ4n) is 1.54. The third kappa shape index (κ3) is 1.93. The predicted octanol–water partition coefficient (Wildman–Crippen LogP) is 1.18. The Morgan fingerprint density at radius 2 is 2.45 bits per heavy atom. The molecule has 1 saturated heterocycles. The summed E-state index contributed by atoms with van der Waals surface area (Å²) >= 11 is 0. The molecule has 1 N–H and O–H groups in total. The van der Waals surface area contributed by atoms with Crippen LogP contribution >= 0.6 is 0 Å². The van der Waals surface area contributed by atoms with E-state index in [4.69, 9.17) is 5.21 Å². The van der Waals surface area contributed by atoms with Gasteiger partial charge in [0.25, 0.3) is 0 Å². The van der Waals surface area contributed by atoms with E-state index in [-0.39, 0.29) is 0 Å². The molecule has 0 bridgehead atoms. The number of nitrogens with zero attached hydrogens (tertiary/aromatic N) is 2. The maximum atomic E-state index is 8.59. The van der Waals surface area contributed by atoms with Gasteiger partial charge in [-0.05, 0) is 6.54 Å². The molecule has 0 radical (unpaired) electrons. The Morgan fingerprint density at radius 1 is 1.73 bits per heavy atom. The van der Waals surface area contributed by atoms with E-state index in [1.807, 2.05) is 0 Å². The quantitative estimate of drug-likeness (QED) is 0.457. The molecular formula is C8H16N2O. The molecule has 1 rings (SSSR count). The van der Waals surface area contributed by atoms with Crippen LogP contribution in [-0.4, -0.2) is 35.5 Å². The largest absolute Gasteiger partial charge is 0.411 e. The van der Waals surface area contributed by atoms with Crippen molar-refractivity contribution in [2.75, 3.05) is 19.6 Å². The highest BCUT2D eigenvalue weighted by Gasteiger charge is 2.20. The lowest BCUT2D eigenvalue weighted by Gasteiger charge is -2.30. The summed E-state index contributed by atoms with van der Waals surface area (Å²) in [5.41, 5.74) is 0.953. The van der Waals surface area contributed by atoms with Gasteiger partial charge in [-0.1, -0.05) is 19.0 Å². The fourth-order valence-corrected chi connectivity index (χ4v) is 1.54. The van der Waals surface area contributed by atoms with Crippen LogP contribution in [0.3, 0.4) is 0 Å². The number of rotatable bonds is 1. The van der Waals surface area contributed by atoms with E-state index in [0.717, 1.165) is 31.8 Å². The summed E-state index contributed by atoms with van der Waals surface area (Å²) in [5, 5.41) is 11.9. The van der Waals surface area contributed by atoms with Gasteiger partial charge in [0, 0.05) is 25.4 Å². The Balaban J connectivity index is 2.48. The van der Waals surface area contributed by atoms with E-state index in [9.17, 15) is 0 Å². The molecular weight excluding hydrogens is 140 g/mol. The summed E-state index contributed by atoms with van der Waals surface area (Å²) in [6, 6.07) is 0. The van der Waals surface area contributed by atoms with Gasteiger partial charge in [0.1, 0.15) is 0 Å². The Kier molecular flexibility index (Phi) is 2.88. The van der Waals surface area contributed by atoms with E-state index in [2.05, 4.69) is 23.9 Å². The van der Waals surface area contributed by atoms with Gasteiger partial charge in [-0.25, -0.2) is 0 Å². The van der Waals surface area contributed by atoms with Crippen LogP contribution in [0.25, 0.3) is 0 Å².